The molecule has 0 saturated carbocycles. The third kappa shape index (κ3) is 4.04. The highest BCUT2D eigenvalue weighted by atomic mass is 35.5. The smallest absolute Gasteiger partial charge is 0.156 e. The number of carbonyl (C=O) groups is 1. The topological polar surface area (TPSA) is 20.3 Å². The van der Waals surface area contributed by atoms with Crippen LogP contribution in [0, 0.1) is 5.82 Å². The van der Waals surface area contributed by atoms with Gasteiger partial charge in [-0.05, 0) is 57.5 Å². The molecule has 4 heteroatoms. The van der Waals surface area contributed by atoms with Crippen LogP contribution in [0.15, 0.2) is 18.2 Å². The fourth-order valence-electron chi connectivity index (χ4n) is 2.86. The van der Waals surface area contributed by atoms with Crippen molar-refractivity contribution in [3.8, 4) is 0 Å². The lowest BCUT2D eigenvalue weighted by molar-refractivity contribution is -0.128. The molecule has 21 heavy (non-hydrogen) atoms. The Hall–Kier alpha value is -0.930. The molecule has 1 fully saturated rings. The molecule has 2 nitrogen and oxygen atoms in total. The van der Waals surface area contributed by atoms with E-state index in [1.54, 1.807) is 6.07 Å². The summed E-state index contributed by atoms with van der Waals surface area (Å²) in [5.74, 6) is -0.235. The van der Waals surface area contributed by atoms with Crippen LogP contribution < -0.4 is 0 Å². The number of Topliss-reactive ketones (excluding diaryl/α,β-unsaturated/α-hetero) is 1. The van der Waals surface area contributed by atoms with Crippen LogP contribution in [0.2, 0.25) is 5.02 Å². The fraction of sp³-hybridized carbons (Fsp3) is 0.588. The molecular weight excluding hydrogens is 289 g/mol. The molecule has 0 radical (unpaired) electrons. The summed E-state index contributed by atoms with van der Waals surface area (Å²) in [5, 5.41) is 0.329. The van der Waals surface area contributed by atoms with Crippen LogP contribution in [-0.2, 0) is 11.2 Å². The summed E-state index contributed by atoms with van der Waals surface area (Å²) in [6.07, 6.45) is 5.03. The highest BCUT2D eigenvalue weighted by molar-refractivity contribution is 6.31. The van der Waals surface area contributed by atoms with E-state index in [2.05, 4.69) is 4.90 Å². The lowest BCUT2D eigenvalue weighted by Gasteiger charge is -2.36. The SMILES string of the molecule is CC(C)(C(=O)Cc1ccc(F)cc1Cl)N1CCCCCC1. The Kier molecular flexibility index (Phi) is 5.39. The highest BCUT2D eigenvalue weighted by Crippen LogP contribution is 2.25. The van der Waals surface area contributed by atoms with Gasteiger partial charge in [0.25, 0.3) is 0 Å². The summed E-state index contributed by atoms with van der Waals surface area (Å²) in [4.78, 5) is 15.0. The van der Waals surface area contributed by atoms with Crippen molar-refractivity contribution in [2.45, 2.75) is 51.5 Å². The third-order valence-corrected chi connectivity index (χ3v) is 4.80. The Morgan fingerprint density at radius 3 is 2.43 bits per heavy atom. The molecule has 116 valence electrons. The Morgan fingerprint density at radius 2 is 1.86 bits per heavy atom. The van der Waals surface area contributed by atoms with Gasteiger partial charge in [0.15, 0.2) is 5.78 Å². The monoisotopic (exact) mass is 311 g/mol. The van der Waals surface area contributed by atoms with Crippen molar-refractivity contribution >= 4 is 17.4 Å². The maximum Gasteiger partial charge on any atom is 0.156 e. The van der Waals surface area contributed by atoms with E-state index in [-0.39, 0.29) is 18.0 Å². The van der Waals surface area contributed by atoms with Crippen LogP contribution in [0.25, 0.3) is 0 Å². The van der Waals surface area contributed by atoms with Crippen molar-refractivity contribution in [2.24, 2.45) is 0 Å². The van der Waals surface area contributed by atoms with E-state index in [0.29, 0.717) is 10.6 Å². The lowest BCUT2D eigenvalue weighted by Crippen LogP contribution is -2.51. The number of carbonyl (C=O) groups excluding carboxylic acids is 1. The second-order valence-corrected chi connectivity index (χ2v) is 6.70. The number of hydrogen-bond acceptors (Lipinski definition) is 2. The molecule has 0 amide bonds. The standard InChI is InChI=1S/C17H23ClFNO/c1-17(2,20-9-5-3-4-6-10-20)16(21)11-13-7-8-14(19)12-15(13)18/h7-8,12H,3-6,9-11H2,1-2H3. The van der Waals surface area contributed by atoms with Crippen LogP contribution in [0.4, 0.5) is 4.39 Å². The number of ketones is 1. The molecule has 1 aliphatic heterocycles. The number of likely N-dealkylation sites (tertiary alicyclic amines) is 1. The van der Waals surface area contributed by atoms with Crippen LogP contribution in [-0.4, -0.2) is 29.3 Å². The molecule has 0 atom stereocenters. The van der Waals surface area contributed by atoms with Gasteiger partial charge >= 0.3 is 0 Å². The van der Waals surface area contributed by atoms with Gasteiger partial charge < -0.3 is 0 Å². The Bertz CT molecular complexity index is 508. The van der Waals surface area contributed by atoms with E-state index >= 15 is 0 Å². The van der Waals surface area contributed by atoms with Crippen molar-refractivity contribution in [1.29, 1.82) is 0 Å². The highest BCUT2D eigenvalue weighted by Gasteiger charge is 2.34. The number of hydrogen-bond donors (Lipinski definition) is 0. The molecule has 1 aromatic carbocycles. The normalized spacial score (nSPS) is 17.5. The zero-order valence-electron chi connectivity index (χ0n) is 12.8. The summed E-state index contributed by atoms with van der Waals surface area (Å²) in [5.41, 5.74) is 0.202. The maximum absolute atomic E-state index is 13.1. The zero-order chi connectivity index (χ0) is 15.5. The van der Waals surface area contributed by atoms with E-state index in [1.807, 2.05) is 13.8 Å². The van der Waals surface area contributed by atoms with E-state index < -0.39 is 5.54 Å². The number of benzene rings is 1. The van der Waals surface area contributed by atoms with Crippen molar-refractivity contribution in [2.75, 3.05) is 13.1 Å². The molecule has 1 aromatic rings. The van der Waals surface area contributed by atoms with Gasteiger partial charge in [-0.2, -0.15) is 0 Å². The van der Waals surface area contributed by atoms with Gasteiger partial charge in [0, 0.05) is 11.4 Å². The first kappa shape index (κ1) is 16.4. The molecule has 1 saturated heterocycles. The minimum Gasteiger partial charge on any atom is -0.297 e. The van der Waals surface area contributed by atoms with Gasteiger partial charge in [-0.25, -0.2) is 4.39 Å². The predicted octanol–water partition coefficient (Wildman–Crippen LogP) is 4.25. The first-order valence-electron chi connectivity index (χ1n) is 7.63. The molecule has 0 aromatic heterocycles. The van der Waals surface area contributed by atoms with Crippen LogP contribution in [0.3, 0.4) is 0 Å². The van der Waals surface area contributed by atoms with E-state index in [0.717, 1.165) is 25.9 Å². The van der Waals surface area contributed by atoms with Gasteiger partial charge in [0.2, 0.25) is 0 Å². The van der Waals surface area contributed by atoms with Gasteiger partial charge in [-0.3, -0.25) is 9.69 Å². The first-order valence-corrected chi connectivity index (χ1v) is 8.01. The van der Waals surface area contributed by atoms with Crippen molar-refractivity contribution in [3.05, 3.63) is 34.6 Å². The number of halogens is 2. The molecular formula is C17H23ClFNO. The third-order valence-electron chi connectivity index (χ3n) is 4.45. The summed E-state index contributed by atoms with van der Waals surface area (Å²) in [7, 11) is 0. The molecule has 1 aliphatic rings. The first-order chi connectivity index (χ1) is 9.91. The Morgan fingerprint density at radius 1 is 1.24 bits per heavy atom. The van der Waals surface area contributed by atoms with Crippen LogP contribution in [0.5, 0.6) is 0 Å². The number of rotatable bonds is 4. The minimum atomic E-state index is -0.498. The van der Waals surface area contributed by atoms with Gasteiger partial charge in [0.05, 0.1) is 5.54 Å². The summed E-state index contributed by atoms with van der Waals surface area (Å²) < 4.78 is 13.1. The number of nitrogens with zero attached hydrogens (tertiary/aromatic N) is 1. The van der Waals surface area contributed by atoms with E-state index in [9.17, 15) is 9.18 Å². The Labute approximate surface area is 131 Å². The predicted molar refractivity (Wildman–Crippen MR) is 84.2 cm³/mol. The van der Waals surface area contributed by atoms with Crippen molar-refractivity contribution in [1.82, 2.24) is 4.90 Å². The van der Waals surface area contributed by atoms with Crippen LogP contribution >= 0.6 is 11.6 Å². The van der Waals surface area contributed by atoms with Gasteiger partial charge in [0.1, 0.15) is 5.82 Å². The largest absolute Gasteiger partial charge is 0.297 e. The van der Waals surface area contributed by atoms with Gasteiger partial charge in [-0.1, -0.05) is 30.5 Å². The summed E-state index contributed by atoms with van der Waals surface area (Å²) >= 11 is 6.03. The molecule has 0 aliphatic carbocycles. The lowest BCUT2D eigenvalue weighted by atomic mass is 9.91. The minimum absolute atomic E-state index is 0.137. The van der Waals surface area contributed by atoms with Crippen molar-refractivity contribution < 1.29 is 9.18 Å². The Balaban J connectivity index is 2.10. The molecule has 0 N–H and O–H groups in total. The quantitative estimate of drug-likeness (QED) is 0.828. The van der Waals surface area contributed by atoms with Gasteiger partial charge in [-0.15, -0.1) is 0 Å². The van der Waals surface area contributed by atoms with E-state index in [1.165, 1.54) is 25.0 Å². The zero-order valence-corrected chi connectivity index (χ0v) is 13.5. The summed E-state index contributed by atoms with van der Waals surface area (Å²) in [6.45, 7) is 5.90. The second kappa shape index (κ2) is 6.89. The average Bonchev–Trinajstić information content (AvgIpc) is 2.71. The van der Waals surface area contributed by atoms with Crippen LogP contribution in [0.1, 0.15) is 45.1 Å². The second-order valence-electron chi connectivity index (χ2n) is 6.30. The average molecular weight is 312 g/mol. The molecule has 2 rings (SSSR count). The molecule has 0 bridgehead atoms. The van der Waals surface area contributed by atoms with E-state index in [4.69, 9.17) is 11.6 Å². The fourth-order valence-corrected chi connectivity index (χ4v) is 3.09. The molecule has 0 unspecified atom stereocenters. The summed E-state index contributed by atoms with van der Waals surface area (Å²) in [6, 6.07) is 4.23. The maximum atomic E-state index is 13.1. The van der Waals surface area contributed by atoms with Crippen molar-refractivity contribution in [3.63, 3.8) is 0 Å². The molecule has 1 heterocycles. The molecule has 0 spiro atoms.